The summed E-state index contributed by atoms with van der Waals surface area (Å²) in [6, 6.07) is 5.68. The molecular weight excluding hydrogens is 344 g/mol. The van der Waals surface area contributed by atoms with E-state index in [2.05, 4.69) is 4.90 Å². The monoisotopic (exact) mass is 374 g/mol. The molecule has 2 heterocycles. The van der Waals surface area contributed by atoms with E-state index in [1.54, 1.807) is 6.92 Å². The van der Waals surface area contributed by atoms with Crippen LogP contribution in [0.25, 0.3) is 10.9 Å². The summed E-state index contributed by atoms with van der Waals surface area (Å²) in [5, 5.41) is 11.1. The van der Waals surface area contributed by atoms with Gasteiger partial charge in [0.25, 0.3) is 0 Å². The largest absolute Gasteiger partial charge is 0.491 e. The number of rotatable bonds is 7. The Labute approximate surface area is 160 Å². The predicted octanol–water partition coefficient (Wildman–Crippen LogP) is 2.89. The molecular formula is C21H30N2O4. The van der Waals surface area contributed by atoms with Crippen LogP contribution in [0.2, 0.25) is 0 Å². The highest BCUT2D eigenvalue weighted by Gasteiger charge is 2.20. The second-order valence-electron chi connectivity index (χ2n) is 7.24. The molecule has 1 saturated heterocycles. The van der Waals surface area contributed by atoms with Gasteiger partial charge in [-0.15, -0.1) is 0 Å². The summed E-state index contributed by atoms with van der Waals surface area (Å²) in [6.07, 6.45) is 3.16. The number of piperidine rings is 1. The average molecular weight is 374 g/mol. The van der Waals surface area contributed by atoms with Gasteiger partial charge >= 0.3 is 5.97 Å². The molecule has 1 aromatic carbocycles. The number of fused-ring (bicyclic) bond motifs is 1. The van der Waals surface area contributed by atoms with Gasteiger partial charge < -0.3 is 24.0 Å². The van der Waals surface area contributed by atoms with Crippen LogP contribution in [0, 0.1) is 6.92 Å². The summed E-state index contributed by atoms with van der Waals surface area (Å²) < 4.78 is 13.0. The van der Waals surface area contributed by atoms with Gasteiger partial charge in [-0.05, 0) is 58.0 Å². The van der Waals surface area contributed by atoms with Crippen molar-refractivity contribution in [3.05, 3.63) is 29.5 Å². The highest BCUT2D eigenvalue weighted by molar-refractivity contribution is 6.06. The first-order chi connectivity index (χ1) is 13.0. The summed E-state index contributed by atoms with van der Waals surface area (Å²) in [5.41, 5.74) is 2.40. The molecule has 6 heteroatoms. The lowest BCUT2D eigenvalue weighted by atomic mass is 10.1. The van der Waals surface area contributed by atoms with Crippen molar-refractivity contribution in [3.63, 3.8) is 0 Å². The zero-order chi connectivity index (χ0) is 19.4. The molecule has 0 spiro atoms. The summed E-state index contributed by atoms with van der Waals surface area (Å²) in [7, 11) is 1.93. The minimum Gasteiger partial charge on any atom is -0.491 e. The van der Waals surface area contributed by atoms with Crippen molar-refractivity contribution in [1.29, 1.82) is 0 Å². The van der Waals surface area contributed by atoms with E-state index in [4.69, 9.17) is 9.47 Å². The molecule has 0 amide bonds. The fourth-order valence-electron chi connectivity index (χ4n) is 3.79. The lowest BCUT2D eigenvalue weighted by molar-refractivity contribution is 0.0527. The zero-order valence-corrected chi connectivity index (χ0v) is 16.5. The summed E-state index contributed by atoms with van der Waals surface area (Å²) in [4.78, 5) is 14.7. The van der Waals surface area contributed by atoms with E-state index in [1.807, 2.05) is 36.7 Å². The van der Waals surface area contributed by atoms with Gasteiger partial charge in [-0.3, -0.25) is 0 Å². The lowest BCUT2D eigenvalue weighted by Gasteiger charge is -2.28. The first-order valence-electron chi connectivity index (χ1n) is 9.80. The number of aliphatic hydroxyl groups excluding tert-OH is 1. The van der Waals surface area contributed by atoms with Crippen molar-refractivity contribution in [2.24, 2.45) is 7.05 Å². The summed E-state index contributed by atoms with van der Waals surface area (Å²) >= 11 is 0. The minimum atomic E-state index is -0.527. The predicted molar refractivity (Wildman–Crippen MR) is 105 cm³/mol. The quantitative estimate of drug-likeness (QED) is 0.755. The number of hydrogen-bond acceptors (Lipinski definition) is 5. The maximum atomic E-state index is 12.4. The zero-order valence-electron chi connectivity index (χ0n) is 16.5. The number of aromatic nitrogens is 1. The number of nitrogens with zero attached hydrogens (tertiary/aromatic N) is 2. The molecule has 27 heavy (non-hydrogen) atoms. The third kappa shape index (κ3) is 4.45. The Morgan fingerprint density at radius 2 is 2.00 bits per heavy atom. The third-order valence-electron chi connectivity index (χ3n) is 5.30. The topological polar surface area (TPSA) is 63.9 Å². The van der Waals surface area contributed by atoms with Crippen molar-refractivity contribution in [1.82, 2.24) is 9.47 Å². The standard InChI is InChI=1S/C21H30N2O4/c1-4-26-21(25)20-15(2)22(3)19-9-8-17(12-18(19)20)27-14-16(24)13-23-10-6-5-7-11-23/h8-9,12,16,24H,4-7,10-11,13-14H2,1-3H3/t16-/m0/s1. The van der Waals surface area contributed by atoms with Crippen molar-refractivity contribution in [2.45, 2.75) is 39.2 Å². The van der Waals surface area contributed by atoms with Gasteiger partial charge in [0.15, 0.2) is 0 Å². The van der Waals surface area contributed by atoms with Gasteiger partial charge in [0.05, 0.1) is 12.2 Å². The number of likely N-dealkylation sites (tertiary alicyclic amines) is 1. The Bertz CT molecular complexity index is 793. The van der Waals surface area contributed by atoms with Gasteiger partial charge in [-0.2, -0.15) is 0 Å². The molecule has 1 N–H and O–H groups in total. The molecule has 0 bridgehead atoms. The molecule has 3 rings (SSSR count). The van der Waals surface area contributed by atoms with Crippen LogP contribution in [-0.2, 0) is 11.8 Å². The molecule has 0 unspecified atom stereocenters. The van der Waals surface area contributed by atoms with E-state index >= 15 is 0 Å². The second kappa shape index (κ2) is 8.76. The van der Waals surface area contributed by atoms with Crippen LogP contribution in [-0.4, -0.2) is 59.5 Å². The van der Waals surface area contributed by atoms with Crippen molar-refractivity contribution in [3.8, 4) is 5.75 Å². The van der Waals surface area contributed by atoms with Crippen LogP contribution in [0.3, 0.4) is 0 Å². The molecule has 6 nitrogen and oxygen atoms in total. The SMILES string of the molecule is CCOC(=O)c1c(C)n(C)c2ccc(OC[C@@H](O)CN3CCCCC3)cc12. The molecule has 1 aliphatic rings. The first-order valence-corrected chi connectivity index (χ1v) is 9.80. The smallest absolute Gasteiger partial charge is 0.340 e. The van der Waals surface area contributed by atoms with E-state index in [0.29, 0.717) is 24.5 Å². The molecule has 0 saturated carbocycles. The molecule has 1 fully saturated rings. The average Bonchev–Trinajstić information content (AvgIpc) is 2.91. The van der Waals surface area contributed by atoms with Gasteiger partial charge in [0.2, 0.25) is 0 Å². The normalized spacial score (nSPS) is 16.4. The Balaban J connectivity index is 1.71. The first kappa shape index (κ1) is 19.7. The van der Waals surface area contributed by atoms with Crippen molar-refractivity contribution < 1.29 is 19.4 Å². The second-order valence-corrected chi connectivity index (χ2v) is 7.24. The van der Waals surface area contributed by atoms with E-state index < -0.39 is 6.10 Å². The molecule has 148 valence electrons. The number of aryl methyl sites for hydroxylation is 1. The molecule has 1 atom stereocenters. The Morgan fingerprint density at radius 3 is 2.70 bits per heavy atom. The van der Waals surface area contributed by atoms with Gasteiger partial charge in [0, 0.05) is 30.2 Å². The van der Waals surface area contributed by atoms with E-state index in [0.717, 1.165) is 29.7 Å². The highest BCUT2D eigenvalue weighted by atomic mass is 16.5. The lowest BCUT2D eigenvalue weighted by Crippen LogP contribution is -2.38. The fourth-order valence-corrected chi connectivity index (χ4v) is 3.79. The number of aliphatic hydroxyl groups is 1. The number of carbonyl (C=O) groups is 1. The molecule has 2 aromatic rings. The van der Waals surface area contributed by atoms with E-state index in [9.17, 15) is 9.90 Å². The van der Waals surface area contributed by atoms with E-state index in [-0.39, 0.29) is 12.6 Å². The van der Waals surface area contributed by atoms with Crippen molar-refractivity contribution in [2.75, 3.05) is 32.8 Å². The third-order valence-corrected chi connectivity index (χ3v) is 5.30. The van der Waals surface area contributed by atoms with Crippen LogP contribution in [0.15, 0.2) is 18.2 Å². The van der Waals surface area contributed by atoms with Crippen LogP contribution < -0.4 is 4.74 Å². The maximum Gasteiger partial charge on any atom is 0.340 e. The van der Waals surface area contributed by atoms with Crippen LogP contribution in [0.4, 0.5) is 0 Å². The highest BCUT2D eigenvalue weighted by Crippen LogP contribution is 2.29. The molecule has 1 aromatic heterocycles. The summed E-state index contributed by atoms with van der Waals surface area (Å²) in [6.45, 7) is 7.03. The van der Waals surface area contributed by atoms with Crippen LogP contribution >= 0.6 is 0 Å². The summed E-state index contributed by atoms with van der Waals surface area (Å²) in [5.74, 6) is 0.333. The number of hydrogen-bond donors (Lipinski definition) is 1. The number of carbonyl (C=O) groups excluding carboxylic acids is 1. The van der Waals surface area contributed by atoms with Gasteiger partial charge in [0.1, 0.15) is 18.5 Å². The van der Waals surface area contributed by atoms with E-state index in [1.165, 1.54) is 19.3 Å². The number of esters is 1. The minimum absolute atomic E-state index is 0.239. The Kier molecular flexibility index (Phi) is 6.39. The number of benzene rings is 1. The van der Waals surface area contributed by atoms with Crippen molar-refractivity contribution >= 4 is 16.9 Å². The number of ether oxygens (including phenoxy) is 2. The van der Waals surface area contributed by atoms with Crippen LogP contribution in [0.1, 0.15) is 42.2 Å². The Morgan fingerprint density at radius 1 is 1.26 bits per heavy atom. The van der Waals surface area contributed by atoms with Gasteiger partial charge in [-0.1, -0.05) is 6.42 Å². The molecule has 1 aliphatic heterocycles. The number of β-amino-alcohol motifs (C(OH)–C–C–N with tert-alkyl or cyclic N) is 1. The molecule has 0 radical (unpaired) electrons. The fraction of sp³-hybridized carbons (Fsp3) is 0.571. The Hall–Kier alpha value is -2.05. The van der Waals surface area contributed by atoms with Gasteiger partial charge in [-0.25, -0.2) is 4.79 Å². The molecule has 0 aliphatic carbocycles. The van der Waals surface area contributed by atoms with Crippen LogP contribution in [0.5, 0.6) is 5.75 Å². The maximum absolute atomic E-state index is 12.4.